The predicted molar refractivity (Wildman–Crippen MR) is 240 cm³/mol. The van der Waals surface area contributed by atoms with E-state index in [2.05, 4.69) is 70.8 Å². The van der Waals surface area contributed by atoms with Crippen LogP contribution in [0.2, 0.25) is 0 Å². The molecule has 6 N–H and O–H groups in total. The number of carboxylic acid groups (broad SMARTS) is 1. The Hall–Kier alpha value is -6.94. The zero-order valence-electron chi connectivity index (χ0n) is 36.6. The maximum atomic E-state index is 13.1. The van der Waals surface area contributed by atoms with Gasteiger partial charge in [-0.15, -0.1) is 0 Å². The number of imide groups is 1. The molecule has 0 bridgehead atoms. The molecule has 0 saturated heterocycles. The summed E-state index contributed by atoms with van der Waals surface area (Å²) in [5.41, 5.74) is 12.4. The summed E-state index contributed by atoms with van der Waals surface area (Å²) in [6.07, 6.45) is 4.86. The topological polar surface area (TPSA) is 219 Å². The van der Waals surface area contributed by atoms with E-state index in [0.717, 1.165) is 82.8 Å². The third kappa shape index (κ3) is 11.1. The highest BCUT2D eigenvalue weighted by Crippen LogP contribution is 2.31. The smallest absolute Gasteiger partial charge is 0.335 e. The molecule has 3 heterocycles. The Morgan fingerprint density at radius 2 is 1.44 bits per heavy atom. The van der Waals surface area contributed by atoms with Crippen molar-refractivity contribution in [2.45, 2.75) is 85.1 Å². The number of hydrogen-bond donors (Lipinski definition) is 5. The van der Waals surface area contributed by atoms with Gasteiger partial charge >= 0.3 is 5.97 Å². The van der Waals surface area contributed by atoms with Crippen LogP contribution in [0.5, 0.6) is 0 Å². The lowest BCUT2D eigenvalue weighted by Crippen LogP contribution is -2.54. The van der Waals surface area contributed by atoms with Crippen molar-refractivity contribution in [2.75, 3.05) is 31.7 Å². The maximum Gasteiger partial charge on any atom is 0.335 e. The molecule has 63 heavy (non-hydrogen) atoms. The summed E-state index contributed by atoms with van der Waals surface area (Å²) in [4.78, 5) is 84.5. The first-order valence-electron chi connectivity index (χ1n) is 21.2. The number of nitrogen functional groups attached to an aromatic ring is 1. The lowest BCUT2D eigenvalue weighted by atomic mass is 10.0. The number of quaternary nitrogens is 1. The van der Waals surface area contributed by atoms with E-state index in [9.17, 15) is 33.9 Å². The highest BCUT2D eigenvalue weighted by atomic mass is 16.4. The zero-order valence-corrected chi connectivity index (χ0v) is 36.6. The van der Waals surface area contributed by atoms with Crippen molar-refractivity contribution < 1.29 is 38.4 Å². The van der Waals surface area contributed by atoms with Crippen molar-refractivity contribution in [3.63, 3.8) is 0 Å². The fourth-order valence-corrected chi connectivity index (χ4v) is 7.72. The molecule has 16 nitrogen and oxygen atoms in total. The van der Waals surface area contributed by atoms with Gasteiger partial charge < -0.3 is 35.8 Å². The molecule has 1 aliphatic rings. The number of benzene rings is 3. The van der Waals surface area contributed by atoms with Gasteiger partial charge in [0.2, 0.25) is 17.7 Å². The number of amides is 5. The molecule has 2 atom stereocenters. The fraction of sp³-hybridized carbons (Fsp3) is 0.362. The summed E-state index contributed by atoms with van der Waals surface area (Å²) in [6, 6.07) is 19.2. The first kappa shape index (κ1) is 45.6. The van der Waals surface area contributed by atoms with Crippen molar-refractivity contribution in [2.24, 2.45) is 5.92 Å². The number of carbonyl (C=O) groups is 6. The van der Waals surface area contributed by atoms with E-state index < -0.39 is 47.6 Å². The summed E-state index contributed by atoms with van der Waals surface area (Å²) in [5.74, 6) is -2.57. The van der Waals surface area contributed by atoms with Gasteiger partial charge in [0.05, 0.1) is 30.7 Å². The second-order valence-electron chi connectivity index (χ2n) is 17.1. The number of pyridine rings is 1. The Morgan fingerprint density at radius 1 is 0.825 bits per heavy atom. The zero-order chi connectivity index (χ0) is 45.6. The molecular weight excluding hydrogens is 803 g/mol. The molecule has 0 spiro atoms. The fourth-order valence-electron chi connectivity index (χ4n) is 7.72. The number of aromatic nitrogens is 3. The first-order valence-corrected chi connectivity index (χ1v) is 21.2. The van der Waals surface area contributed by atoms with E-state index in [1.807, 2.05) is 24.3 Å². The monoisotopic (exact) mass is 858 g/mol. The Balaban J connectivity index is 1.03. The average molecular weight is 859 g/mol. The van der Waals surface area contributed by atoms with Crippen LogP contribution in [-0.2, 0) is 50.0 Å². The Morgan fingerprint density at radius 3 is 2.05 bits per heavy atom. The molecule has 5 amide bonds. The number of unbranched alkanes of at least 4 members (excludes halogenated alkanes) is 1. The molecule has 0 radical (unpaired) electrons. The maximum absolute atomic E-state index is 13.1. The molecule has 0 aliphatic carbocycles. The van der Waals surface area contributed by atoms with Gasteiger partial charge in [0.1, 0.15) is 36.5 Å². The van der Waals surface area contributed by atoms with Crippen LogP contribution in [0, 0.1) is 5.92 Å². The SMILES string of the molecule is CCCCc1nc2c(N)nc3cc(C(=O)O)ccc3c2n1Cc1ccc(C[N+](C)(C)Cc2ccc(NC(=O)[C@H](C)NC(=O)[C@@H](NC(=O)CCN3C(=O)C=CC3=O)C(C)C)cc2)cc1. The number of nitrogens with zero attached hydrogens (tertiary/aromatic N) is 5. The van der Waals surface area contributed by atoms with Crippen LogP contribution in [0.1, 0.15) is 79.8 Å². The van der Waals surface area contributed by atoms with Crippen LogP contribution in [0.25, 0.3) is 21.9 Å². The molecular formula is C47H56N9O7+. The lowest BCUT2D eigenvalue weighted by molar-refractivity contribution is -0.916. The molecule has 0 saturated carbocycles. The summed E-state index contributed by atoms with van der Waals surface area (Å²) in [6.45, 7) is 9.17. The van der Waals surface area contributed by atoms with Gasteiger partial charge in [0.15, 0.2) is 5.82 Å². The summed E-state index contributed by atoms with van der Waals surface area (Å²) < 4.78 is 2.85. The van der Waals surface area contributed by atoms with Crippen LogP contribution in [-0.4, -0.2) is 97.3 Å². The number of rotatable bonds is 19. The Kier molecular flexibility index (Phi) is 14.0. The van der Waals surface area contributed by atoms with Crippen molar-refractivity contribution >= 4 is 68.9 Å². The highest BCUT2D eigenvalue weighted by molar-refractivity contribution is 6.13. The van der Waals surface area contributed by atoms with Crippen molar-refractivity contribution in [3.8, 4) is 0 Å². The summed E-state index contributed by atoms with van der Waals surface area (Å²) >= 11 is 0. The van der Waals surface area contributed by atoms with Gasteiger partial charge in [-0.25, -0.2) is 14.8 Å². The third-order valence-corrected chi connectivity index (χ3v) is 11.1. The van der Waals surface area contributed by atoms with Gasteiger partial charge in [0, 0.05) is 60.3 Å². The van der Waals surface area contributed by atoms with Gasteiger partial charge in [-0.05, 0) is 55.2 Å². The second kappa shape index (κ2) is 19.4. The summed E-state index contributed by atoms with van der Waals surface area (Å²) in [7, 11) is 4.31. The average Bonchev–Trinajstić information content (AvgIpc) is 3.76. The Bertz CT molecular complexity index is 2560. The van der Waals surface area contributed by atoms with E-state index in [1.54, 1.807) is 39.0 Å². The number of nitrogens with one attached hydrogen (secondary N) is 3. The predicted octanol–water partition coefficient (Wildman–Crippen LogP) is 4.93. The standard InChI is InChI=1S/C47H55N9O7/c1-7-8-9-37-52-42-43(35-19-16-33(47(62)63)24-36(35)51-44(42)48)55(37)25-30-10-12-31(13-11-30)26-56(5,6)27-32-14-17-34(18-15-32)50-45(60)29(4)49-46(61)41(28(2)3)53-38(57)22-23-54-39(58)20-21-40(54)59/h10-21,24,28-29,41H,7-9,22-23,25-27H2,1-6H3,(H5-,48,49,50,51,53,57,60,61,62,63)/p+1/t29-,41-/m0/s1. The van der Waals surface area contributed by atoms with Crippen LogP contribution in [0.4, 0.5) is 11.5 Å². The minimum atomic E-state index is -1.03. The van der Waals surface area contributed by atoms with E-state index >= 15 is 0 Å². The second-order valence-corrected chi connectivity index (χ2v) is 17.1. The van der Waals surface area contributed by atoms with Crippen LogP contribution in [0.3, 0.4) is 0 Å². The number of carboxylic acids is 1. The number of imidazole rings is 1. The molecule has 5 aromatic rings. The minimum Gasteiger partial charge on any atom is -0.478 e. The number of aromatic carboxylic acids is 1. The molecule has 6 rings (SSSR count). The number of carbonyl (C=O) groups excluding carboxylic acids is 5. The third-order valence-electron chi connectivity index (χ3n) is 11.1. The molecule has 3 aromatic carbocycles. The van der Waals surface area contributed by atoms with Gasteiger partial charge in [-0.2, -0.15) is 0 Å². The summed E-state index contributed by atoms with van der Waals surface area (Å²) in [5, 5.41) is 18.6. The minimum absolute atomic E-state index is 0.103. The molecule has 2 aromatic heterocycles. The first-order chi connectivity index (χ1) is 29.9. The molecule has 0 unspecified atom stereocenters. The number of fused-ring (bicyclic) bond motifs is 3. The van der Waals surface area contributed by atoms with E-state index in [1.165, 1.54) is 0 Å². The normalized spacial score (nSPS) is 13.8. The van der Waals surface area contributed by atoms with Crippen LogP contribution < -0.4 is 21.7 Å². The largest absolute Gasteiger partial charge is 0.478 e. The number of nitrogens with two attached hydrogens (primary N) is 1. The number of aryl methyl sites for hydroxylation is 1. The van der Waals surface area contributed by atoms with Gasteiger partial charge in [-0.1, -0.05) is 63.6 Å². The Labute approximate surface area is 366 Å². The lowest BCUT2D eigenvalue weighted by Gasteiger charge is -2.30. The number of hydrogen-bond acceptors (Lipinski definition) is 9. The quantitative estimate of drug-likeness (QED) is 0.0557. The molecule has 1 aliphatic heterocycles. The van der Waals surface area contributed by atoms with Gasteiger partial charge in [-0.3, -0.25) is 28.9 Å². The van der Waals surface area contributed by atoms with Crippen molar-refractivity contribution in [3.05, 3.63) is 107 Å². The van der Waals surface area contributed by atoms with Gasteiger partial charge in [0.25, 0.3) is 11.8 Å². The van der Waals surface area contributed by atoms with E-state index in [4.69, 9.17) is 10.7 Å². The van der Waals surface area contributed by atoms with Crippen LogP contribution >= 0.6 is 0 Å². The number of anilines is 2. The van der Waals surface area contributed by atoms with E-state index in [0.29, 0.717) is 27.7 Å². The molecule has 330 valence electrons. The molecule has 16 heteroatoms. The van der Waals surface area contributed by atoms with Crippen molar-refractivity contribution in [1.29, 1.82) is 0 Å². The van der Waals surface area contributed by atoms with Crippen molar-refractivity contribution in [1.82, 2.24) is 30.1 Å². The molecule has 0 fully saturated rings. The van der Waals surface area contributed by atoms with E-state index in [-0.39, 0.29) is 30.3 Å². The highest BCUT2D eigenvalue weighted by Gasteiger charge is 2.29. The van der Waals surface area contributed by atoms with Crippen LogP contribution in [0.15, 0.2) is 78.9 Å².